The number of carbonyl (C=O) groups excluding carboxylic acids is 2. The van der Waals surface area contributed by atoms with Crippen LogP contribution < -0.4 is 0 Å². The fourth-order valence-corrected chi connectivity index (χ4v) is 0.793. The third-order valence-corrected chi connectivity index (χ3v) is 2.43. The average molecular weight is 299 g/mol. The largest absolute Gasteiger partial charge is 0.462 e. The maximum atomic E-state index is 10.9. The zero-order valence-electron chi connectivity index (χ0n) is 14.2. The molecule has 5 heteroatoms. The number of esters is 2. The standard InChI is InChI=1S/C8H15NO2.C8H14O2/c1-6(2)8(10)11-7(3)9(4)5;1-4-5-6-10-8(9)7(2)3/h7H,1H2,2-5H3;2,4-6H2,1,3H3. The van der Waals surface area contributed by atoms with Crippen LogP contribution in [-0.4, -0.2) is 43.8 Å². The molecular weight excluding hydrogens is 270 g/mol. The number of unbranched alkanes of at least 4 members (excludes halogenated alkanes) is 1. The highest BCUT2D eigenvalue weighted by atomic mass is 16.6. The van der Waals surface area contributed by atoms with Crippen molar-refractivity contribution in [2.75, 3.05) is 20.7 Å². The smallest absolute Gasteiger partial charge is 0.334 e. The van der Waals surface area contributed by atoms with Crippen molar-refractivity contribution in [2.45, 2.75) is 46.8 Å². The SMILES string of the molecule is C=C(C)C(=O)OC(C)N(C)C.C=C(C)C(=O)OCCCC. The van der Waals surface area contributed by atoms with Crippen LogP contribution in [0.25, 0.3) is 0 Å². The van der Waals surface area contributed by atoms with Crippen molar-refractivity contribution in [1.82, 2.24) is 4.90 Å². The summed E-state index contributed by atoms with van der Waals surface area (Å²) in [5.74, 6) is -0.625. The molecule has 0 aromatic rings. The van der Waals surface area contributed by atoms with Gasteiger partial charge in [0.25, 0.3) is 0 Å². The molecule has 21 heavy (non-hydrogen) atoms. The Balaban J connectivity index is 0. The van der Waals surface area contributed by atoms with Gasteiger partial charge >= 0.3 is 11.9 Å². The number of ether oxygens (including phenoxy) is 2. The van der Waals surface area contributed by atoms with Gasteiger partial charge in [0, 0.05) is 11.1 Å². The van der Waals surface area contributed by atoms with Gasteiger partial charge in [0.05, 0.1) is 6.61 Å². The first-order valence-electron chi connectivity index (χ1n) is 6.99. The normalized spacial score (nSPS) is 11.0. The summed E-state index contributed by atoms with van der Waals surface area (Å²) in [4.78, 5) is 23.4. The van der Waals surface area contributed by atoms with Gasteiger partial charge < -0.3 is 9.47 Å². The summed E-state index contributed by atoms with van der Waals surface area (Å²) in [7, 11) is 3.69. The highest BCUT2D eigenvalue weighted by Crippen LogP contribution is 1.99. The third kappa shape index (κ3) is 13.1. The Morgan fingerprint density at radius 1 is 1.10 bits per heavy atom. The van der Waals surface area contributed by atoms with E-state index < -0.39 is 0 Å². The lowest BCUT2D eigenvalue weighted by Gasteiger charge is -2.19. The van der Waals surface area contributed by atoms with E-state index in [1.807, 2.05) is 14.1 Å². The highest BCUT2D eigenvalue weighted by molar-refractivity contribution is 5.87. The molecule has 0 saturated carbocycles. The summed E-state index contributed by atoms with van der Waals surface area (Å²) < 4.78 is 9.77. The van der Waals surface area contributed by atoms with Gasteiger partial charge in [0.1, 0.15) is 0 Å². The molecule has 0 aliphatic carbocycles. The topological polar surface area (TPSA) is 55.8 Å². The lowest BCUT2D eigenvalue weighted by Crippen LogP contribution is -2.30. The molecule has 0 aromatic heterocycles. The van der Waals surface area contributed by atoms with E-state index in [4.69, 9.17) is 9.47 Å². The van der Waals surface area contributed by atoms with Gasteiger partial charge in [-0.1, -0.05) is 26.5 Å². The zero-order chi connectivity index (χ0) is 17.0. The molecule has 0 spiro atoms. The molecule has 0 amide bonds. The molecule has 5 nitrogen and oxygen atoms in total. The maximum Gasteiger partial charge on any atom is 0.334 e. The Morgan fingerprint density at radius 3 is 1.90 bits per heavy atom. The first-order chi connectivity index (χ1) is 9.63. The van der Waals surface area contributed by atoms with E-state index in [2.05, 4.69) is 20.1 Å². The molecule has 1 atom stereocenters. The summed E-state index contributed by atoms with van der Waals surface area (Å²) in [6, 6.07) is 0. The molecule has 0 saturated heterocycles. The predicted octanol–water partition coefficient (Wildman–Crippen LogP) is 2.92. The Kier molecular flexibility index (Phi) is 12.5. The van der Waals surface area contributed by atoms with Crippen molar-refractivity contribution >= 4 is 11.9 Å². The molecule has 0 N–H and O–H groups in total. The van der Waals surface area contributed by atoms with E-state index in [-0.39, 0.29) is 18.2 Å². The predicted molar refractivity (Wildman–Crippen MR) is 84.7 cm³/mol. The van der Waals surface area contributed by atoms with E-state index in [0.717, 1.165) is 12.8 Å². The second-order valence-electron chi connectivity index (χ2n) is 5.02. The van der Waals surface area contributed by atoms with Crippen LogP contribution in [0.15, 0.2) is 24.3 Å². The second kappa shape index (κ2) is 12.1. The van der Waals surface area contributed by atoms with Crippen LogP contribution in [0.3, 0.4) is 0 Å². The number of nitrogens with zero attached hydrogens (tertiary/aromatic N) is 1. The molecule has 0 aromatic carbocycles. The van der Waals surface area contributed by atoms with Gasteiger partial charge in [-0.2, -0.15) is 0 Å². The van der Waals surface area contributed by atoms with Crippen molar-refractivity contribution in [1.29, 1.82) is 0 Å². The van der Waals surface area contributed by atoms with Crippen molar-refractivity contribution in [3.8, 4) is 0 Å². The first-order valence-corrected chi connectivity index (χ1v) is 6.99. The van der Waals surface area contributed by atoms with Crippen molar-refractivity contribution in [2.24, 2.45) is 0 Å². The van der Waals surface area contributed by atoms with Gasteiger partial charge in [-0.15, -0.1) is 0 Å². The van der Waals surface area contributed by atoms with Crippen LogP contribution in [0.4, 0.5) is 0 Å². The van der Waals surface area contributed by atoms with Gasteiger partial charge in [-0.3, -0.25) is 4.90 Å². The van der Waals surface area contributed by atoms with E-state index >= 15 is 0 Å². The van der Waals surface area contributed by atoms with Crippen LogP contribution in [0, 0.1) is 0 Å². The van der Waals surface area contributed by atoms with Crippen molar-refractivity contribution < 1.29 is 19.1 Å². The lowest BCUT2D eigenvalue weighted by molar-refractivity contribution is -0.150. The van der Waals surface area contributed by atoms with E-state index in [0.29, 0.717) is 17.8 Å². The van der Waals surface area contributed by atoms with Crippen LogP contribution in [0.2, 0.25) is 0 Å². The highest BCUT2D eigenvalue weighted by Gasteiger charge is 2.10. The molecular formula is C16H29NO4. The summed E-state index contributed by atoms with van der Waals surface area (Å²) in [6.07, 6.45) is 1.78. The van der Waals surface area contributed by atoms with Crippen molar-refractivity contribution in [3.63, 3.8) is 0 Å². The molecule has 0 rings (SSSR count). The number of rotatable bonds is 7. The van der Waals surface area contributed by atoms with Crippen LogP contribution in [-0.2, 0) is 19.1 Å². The number of hydrogen-bond acceptors (Lipinski definition) is 5. The van der Waals surface area contributed by atoms with Gasteiger partial charge in [-0.05, 0) is 41.3 Å². The van der Waals surface area contributed by atoms with E-state index in [1.54, 1.807) is 25.7 Å². The third-order valence-electron chi connectivity index (χ3n) is 2.43. The summed E-state index contributed by atoms with van der Waals surface area (Å²) in [5.41, 5.74) is 0.898. The molecule has 122 valence electrons. The average Bonchev–Trinajstić information content (AvgIpc) is 2.39. The summed E-state index contributed by atoms with van der Waals surface area (Å²) >= 11 is 0. The van der Waals surface area contributed by atoms with Crippen molar-refractivity contribution in [3.05, 3.63) is 24.3 Å². The fraction of sp³-hybridized carbons (Fsp3) is 0.625. The monoisotopic (exact) mass is 299 g/mol. The molecule has 0 aliphatic rings. The number of carbonyl (C=O) groups is 2. The van der Waals surface area contributed by atoms with Gasteiger partial charge in [-0.25, -0.2) is 9.59 Å². The Hall–Kier alpha value is -1.62. The summed E-state index contributed by atoms with van der Waals surface area (Å²) in [5, 5.41) is 0. The van der Waals surface area contributed by atoms with Crippen LogP contribution in [0.5, 0.6) is 0 Å². The van der Waals surface area contributed by atoms with Crippen LogP contribution >= 0.6 is 0 Å². The molecule has 0 bridgehead atoms. The minimum atomic E-state index is -0.341. The van der Waals surface area contributed by atoms with Gasteiger partial charge in [0.15, 0.2) is 6.23 Å². The fourth-order valence-electron chi connectivity index (χ4n) is 0.793. The quantitative estimate of drug-likeness (QED) is 0.313. The zero-order valence-corrected chi connectivity index (χ0v) is 14.2. The Labute approximate surface area is 128 Å². The maximum absolute atomic E-state index is 10.9. The molecule has 0 radical (unpaired) electrons. The van der Waals surface area contributed by atoms with Crippen LogP contribution in [0.1, 0.15) is 40.5 Å². The Morgan fingerprint density at radius 2 is 1.57 bits per heavy atom. The van der Waals surface area contributed by atoms with E-state index in [1.165, 1.54) is 0 Å². The molecule has 0 aliphatic heterocycles. The minimum Gasteiger partial charge on any atom is -0.462 e. The molecule has 1 unspecified atom stereocenters. The minimum absolute atomic E-state index is 0.195. The second-order valence-corrected chi connectivity index (χ2v) is 5.02. The first kappa shape index (κ1) is 21.7. The lowest BCUT2D eigenvalue weighted by atomic mass is 10.3. The van der Waals surface area contributed by atoms with E-state index in [9.17, 15) is 9.59 Å². The number of hydrogen-bond donors (Lipinski definition) is 0. The van der Waals surface area contributed by atoms with Gasteiger partial charge in [0.2, 0.25) is 0 Å². The Bertz CT molecular complexity index is 361. The molecule has 0 heterocycles. The summed E-state index contributed by atoms with van der Waals surface area (Å²) in [6.45, 7) is 14.6. The molecule has 0 fully saturated rings.